The fraction of sp³-hybridized carbons (Fsp3) is 0.0667. The van der Waals surface area contributed by atoms with E-state index in [1.54, 1.807) is 43.4 Å². The quantitative estimate of drug-likeness (QED) is 0.649. The number of fused-ring (bicyclic) bond motifs is 1. The third-order valence-electron chi connectivity index (χ3n) is 3.25. The minimum atomic E-state index is -0.463. The summed E-state index contributed by atoms with van der Waals surface area (Å²) >= 11 is 9.43. The lowest BCUT2D eigenvalue weighted by Gasteiger charge is -2.05. The van der Waals surface area contributed by atoms with E-state index in [0.29, 0.717) is 31.7 Å². The maximum atomic E-state index is 12.5. The third kappa shape index (κ3) is 2.32. The van der Waals surface area contributed by atoms with Gasteiger partial charge in [0.05, 0.1) is 10.5 Å². The summed E-state index contributed by atoms with van der Waals surface area (Å²) in [4.78, 5) is 24.0. The summed E-state index contributed by atoms with van der Waals surface area (Å²) in [6.45, 7) is 0. The Kier molecular flexibility index (Phi) is 3.47. The molecule has 1 aromatic heterocycles. The molecule has 0 spiro atoms. The highest BCUT2D eigenvalue weighted by atomic mass is 79.9. The Balaban J connectivity index is 2.14. The molecule has 0 bridgehead atoms. The van der Waals surface area contributed by atoms with Crippen LogP contribution in [0.15, 0.2) is 50.1 Å². The Morgan fingerprint density at radius 3 is 2.81 bits per heavy atom. The average Bonchev–Trinajstić information content (AvgIpc) is 2.76. The maximum absolute atomic E-state index is 12.5. The van der Waals surface area contributed by atoms with Crippen LogP contribution in [0, 0.1) is 0 Å². The van der Waals surface area contributed by atoms with E-state index in [-0.39, 0.29) is 5.78 Å². The Hall–Kier alpha value is -1.85. The first-order valence-electron chi connectivity index (χ1n) is 6.07. The molecule has 0 atom stereocenters. The normalized spacial score (nSPS) is 11.0. The first-order chi connectivity index (χ1) is 9.99. The summed E-state index contributed by atoms with van der Waals surface area (Å²) in [5, 5.41) is 0.358. The van der Waals surface area contributed by atoms with Crippen molar-refractivity contribution in [3.05, 3.63) is 67.6 Å². The molecule has 21 heavy (non-hydrogen) atoms. The smallest absolute Gasteiger partial charge is 0.408 e. The molecule has 0 amide bonds. The van der Waals surface area contributed by atoms with Crippen LogP contribution in [0.1, 0.15) is 15.9 Å². The lowest BCUT2D eigenvalue weighted by molar-refractivity contribution is 0.103. The van der Waals surface area contributed by atoms with E-state index in [2.05, 4.69) is 15.9 Å². The number of halogens is 2. The molecule has 1 heterocycles. The number of benzene rings is 2. The average molecular weight is 367 g/mol. The molecule has 3 rings (SSSR count). The van der Waals surface area contributed by atoms with Crippen molar-refractivity contribution in [3.8, 4) is 0 Å². The summed E-state index contributed by atoms with van der Waals surface area (Å²) in [6, 6.07) is 10.0. The van der Waals surface area contributed by atoms with Crippen molar-refractivity contribution in [2.45, 2.75) is 0 Å². The van der Waals surface area contributed by atoms with Crippen molar-refractivity contribution in [2.75, 3.05) is 0 Å². The molecule has 0 aliphatic heterocycles. The second kappa shape index (κ2) is 5.16. The summed E-state index contributed by atoms with van der Waals surface area (Å²) in [7, 11) is 1.61. The van der Waals surface area contributed by atoms with Gasteiger partial charge in [0.2, 0.25) is 0 Å². The van der Waals surface area contributed by atoms with E-state index in [0.717, 1.165) is 0 Å². The van der Waals surface area contributed by atoms with Gasteiger partial charge < -0.3 is 4.42 Å². The van der Waals surface area contributed by atoms with Gasteiger partial charge in [0.25, 0.3) is 0 Å². The molecule has 106 valence electrons. The predicted molar refractivity (Wildman–Crippen MR) is 84.0 cm³/mol. The number of nitrogens with zero attached hydrogens (tertiary/aromatic N) is 1. The van der Waals surface area contributed by atoms with Gasteiger partial charge in [0.15, 0.2) is 11.4 Å². The molecule has 0 saturated heterocycles. The van der Waals surface area contributed by atoms with Crippen LogP contribution in [0.4, 0.5) is 0 Å². The Bertz CT molecular complexity index is 926. The molecule has 0 fully saturated rings. The summed E-state index contributed by atoms with van der Waals surface area (Å²) in [5.41, 5.74) is 1.82. The second-order valence-corrected chi connectivity index (χ2v) is 5.77. The summed E-state index contributed by atoms with van der Waals surface area (Å²) < 4.78 is 7.13. The molecule has 0 radical (unpaired) electrons. The molecule has 0 aliphatic rings. The molecular formula is C15H9BrClNO3. The van der Waals surface area contributed by atoms with Gasteiger partial charge in [-0.2, -0.15) is 0 Å². The number of aryl methyl sites for hydroxylation is 1. The van der Waals surface area contributed by atoms with Gasteiger partial charge in [-0.05, 0) is 46.3 Å². The van der Waals surface area contributed by atoms with Crippen molar-refractivity contribution >= 4 is 44.4 Å². The third-order valence-corrected chi connectivity index (χ3v) is 4.55. The predicted octanol–water partition coefficient (Wildman–Crippen LogP) is 3.78. The van der Waals surface area contributed by atoms with Crippen molar-refractivity contribution in [2.24, 2.45) is 7.05 Å². The molecule has 4 nitrogen and oxygen atoms in total. The number of oxazole rings is 1. The highest BCUT2D eigenvalue weighted by molar-refractivity contribution is 9.10. The minimum absolute atomic E-state index is 0.227. The zero-order chi connectivity index (χ0) is 15.1. The lowest BCUT2D eigenvalue weighted by Crippen LogP contribution is -2.08. The van der Waals surface area contributed by atoms with Gasteiger partial charge in [-0.1, -0.05) is 17.7 Å². The van der Waals surface area contributed by atoms with Crippen LogP contribution in [-0.2, 0) is 7.05 Å². The first kappa shape index (κ1) is 14.1. The molecule has 0 saturated carbocycles. The highest BCUT2D eigenvalue weighted by Crippen LogP contribution is 2.28. The van der Waals surface area contributed by atoms with E-state index in [4.69, 9.17) is 16.0 Å². The SMILES string of the molecule is Cn1c(=O)oc2cc(C(=O)c3cccc(Br)c3Cl)ccc21. The van der Waals surface area contributed by atoms with Crippen LogP contribution in [0.25, 0.3) is 11.1 Å². The van der Waals surface area contributed by atoms with Gasteiger partial charge in [-0.15, -0.1) is 0 Å². The minimum Gasteiger partial charge on any atom is -0.408 e. The molecule has 6 heteroatoms. The van der Waals surface area contributed by atoms with Gasteiger partial charge in [-0.3, -0.25) is 9.36 Å². The van der Waals surface area contributed by atoms with Gasteiger partial charge in [0, 0.05) is 22.6 Å². The van der Waals surface area contributed by atoms with E-state index in [1.807, 2.05) is 0 Å². The van der Waals surface area contributed by atoms with Crippen molar-refractivity contribution in [1.82, 2.24) is 4.57 Å². The summed E-state index contributed by atoms with van der Waals surface area (Å²) in [6.07, 6.45) is 0. The number of carbonyl (C=O) groups is 1. The van der Waals surface area contributed by atoms with E-state index >= 15 is 0 Å². The van der Waals surface area contributed by atoms with Crippen LogP contribution in [0.2, 0.25) is 5.02 Å². The Morgan fingerprint density at radius 2 is 2.05 bits per heavy atom. The van der Waals surface area contributed by atoms with Crippen LogP contribution >= 0.6 is 27.5 Å². The number of carbonyl (C=O) groups excluding carboxylic acids is 1. The van der Waals surface area contributed by atoms with Crippen LogP contribution < -0.4 is 5.76 Å². The van der Waals surface area contributed by atoms with Crippen molar-refractivity contribution in [1.29, 1.82) is 0 Å². The van der Waals surface area contributed by atoms with E-state index in [1.165, 1.54) is 4.57 Å². The van der Waals surface area contributed by atoms with Crippen LogP contribution in [0.3, 0.4) is 0 Å². The maximum Gasteiger partial charge on any atom is 0.419 e. The standard InChI is InChI=1S/C15H9BrClNO3/c1-18-11-6-5-8(7-12(11)21-15(18)20)14(19)9-3-2-4-10(16)13(9)17/h2-7H,1H3. The molecule has 0 N–H and O–H groups in total. The topological polar surface area (TPSA) is 52.2 Å². The van der Waals surface area contributed by atoms with E-state index in [9.17, 15) is 9.59 Å². The fourth-order valence-corrected chi connectivity index (χ4v) is 2.69. The monoisotopic (exact) mass is 365 g/mol. The number of hydrogen-bond donors (Lipinski definition) is 0. The van der Waals surface area contributed by atoms with Crippen LogP contribution in [-0.4, -0.2) is 10.4 Å². The van der Waals surface area contributed by atoms with Gasteiger partial charge in [-0.25, -0.2) is 4.79 Å². The molecule has 0 aliphatic carbocycles. The number of ketones is 1. The second-order valence-electron chi connectivity index (χ2n) is 4.54. The molecular weight excluding hydrogens is 358 g/mol. The van der Waals surface area contributed by atoms with Crippen LogP contribution in [0.5, 0.6) is 0 Å². The largest absolute Gasteiger partial charge is 0.419 e. The molecule has 2 aromatic carbocycles. The number of aromatic nitrogens is 1. The number of rotatable bonds is 2. The highest BCUT2D eigenvalue weighted by Gasteiger charge is 2.16. The zero-order valence-electron chi connectivity index (χ0n) is 10.9. The van der Waals surface area contributed by atoms with Crippen molar-refractivity contribution in [3.63, 3.8) is 0 Å². The Morgan fingerprint density at radius 1 is 1.29 bits per heavy atom. The fourth-order valence-electron chi connectivity index (χ4n) is 2.11. The Labute approximate surface area is 133 Å². The zero-order valence-corrected chi connectivity index (χ0v) is 13.2. The molecule has 3 aromatic rings. The summed E-state index contributed by atoms with van der Waals surface area (Å²) in [5.74, 6) is -0.690. The van der Waals surface area contributed by atoms with E-state index < -0.39 is 5.76 Å². The first-order valence-corrected chi connectivity index (χ1v) is 7.24. The van der Waals surface area contributed by atoms with Gasteiger partial charge >= 0.3 is 5.76 Å². The van der Waals surface area contributed by atoms with Crippen molar-refractivity contribution < 1.29 is 9.21 Å². The van der Waals surface area contributed by atoms with Gasteiger partial charge in [0.1, 0.15) is 0 Å². The molecule has 0 unspecified atom stereocenters. The number of hydrogen-bond acceptors (Lipinski definition) is 3. The lowest BCUT2D eigenvalue weighted by atomic mass is 10.0.